The number of hydrogen-bond donors (Lipinski definition) is 0. The van der Waals surface area contributed by atoms with Crippen molar-refractivity contribution in [2.24, 2.45) is 0 Å². The van der Waals surface area contributed by atoms with E-state index in [0.717, 1.165) is 0 Å². The van der Waals surface area contributed by atoms with Gasteiger partial charge < -0.3 is 0 Å². The molecule has 0 bridgehead atoms. The lowest BCUT2D eigenvalue weighted by atomic mass is 10.3. The summed E-state index contributed by atoms with van der Waals surface area (Å²) in [5, 5.41) is 0. The summed E-state index contributed by atoms with van der Waals surface area (Å²) in [4.78, 5) is 0. The third kappa shape index (κ3) is 6.55. The highest BCUT2D eigenvalue weighted by atomic mass is 33.1. The molecule has 72 valence electrons. The number of thioether (sulfide) groups is 1. The van der Waals surface area contributed by atoms with Crippen LogP contribution in [0.3, 0.4) is 0 Å². The molecule has 0 aromatic rings. The van der Waals surface area contributed by atoms with Crippen molar-refractivity contribution in [1.82, 2.24) is 0 Å². The monoisotopic (exact) mass is 222 g/mol. The summed E-state index contributed by atoms with van der Waals surface area (Å²) in [6, 6.07) is 0. The Labute approximate surface area is 88.4 Å². The van der Waals surface area contributed by atoms with Gasteiger partial charge in [-0.2, -0.15) is 11.8 Å². The molecule has 0 N–H and O–H groups in total. The van der Waals surface area contributed by atoms with E-state index in [1.165, 1.54) is 55.1 Å². The van der Waals surface area contributed by atoms with Crippen molar-refractivity contribution in [2.45, 2.75) is 32.1 Å². The van der Waals surface area contributed by atoms with Gasteiger partial charge in [0.2, 0.25) is 0 Å². The summed E-state index contributed by atoms with van der Waals surface area (Å²) < 4.78 is 0. The van der Waals surface area contributed by atoms with E-state index in [4.69, 9.17) is 0 Å². The Bertz CT molecular complexity index is 52.8. The van der Waals surface area contributed by atoms with Crippen molar-refractivity contribution in [3.63, 3.8) is 0 Å². The fourth-order valence-electron chi connectivity index (χ4n) is 1.13. The van der Waals surface area contributed by atoms with Gasteiger partial charge in [0.15, 0.2) is 0 Å². The Morgan fingerprint density at radius 3 is 1.17 bits per heavy atom. The van der Waals surface area contributed by atoms with Gasteiger partial charge in [-0.15, -0.1) is 0 Å². The number of rotatable bonds is 0. The van der Waals surface area contributed by atoms with E-state index in [9.17, 15) is 0 Å². The Hall–Kier alpha value is 1.05. The molecule has 0 radical (unpaired) electrons. The second-order valence-corrected chi connectivity index (χ2v) is 6.95. The molecule has 2 aliphatic rings. The van der Waals surface area contributed by atoms with E-state index in [1.54, 1.807) is 0 Å². The first-order valence-corrected chi connectivity index (χ1v) is 8.46. The van der Waals surface area contributed by atoms with Crippen molar-refractivity contribution in [3.05, 3.63) is 0 Å². The fraction of sp³-hybridized carbons (Fsp3) is 1.00. The van der Waals surface area contributed by atoms with Gasteiger partial charge in [0, 0.05) is 11.5 Å². The van der Waals surface area contributed by atoms with Crippen LogP contribution in [0.25, 0.3) is 0 Å². The predicted octanol–water partition coefficient (Wildman–Crippen LogP) is 4.07. The Kier molecular flexibility index (Phi) is 8.01. The maximum atomic E-state index is 2.09. The molecule has 12 heavy (non-hydrogen) atoms. The zero-order chi connectivity index (χ0) is 8.49. The minimum atomic E-state index is 1.38. The van der Waals surface area contributed by atoms with Crippen molar-refractivity contribution >= 4 is 33.3 Å². The second kappa shape index (κ2) is 8.64. The van der Waals surface area contributed by atoms with Gasteiger partial charge >= 0.3 is 0 Å². The molecule has 0 aliphatic carbocycles. The van der Waals surface area contributed by atoms with E-state index < -0.39 is 0 Å². The molecule has 2 aliphatic heterocycles. The zero-order valence-corrected chi connectivity index (χ0v) is 10.0. The Morgan fingerprint density at radius 2 is 1.00 bits per heavy atom. The molecule has 0 atom stereocenters. The highest BCUT2D eigenvalue weighted by molar-refractivity contribution is 8.76. The van der Waals surface area contributed by atoms with Crippen molar-refractivity contribution in [2.75, 3.05) is 23.0 Å². The topological polar surface area (TPSA) is 0 Å². The first-order chi connectivity index (χ1) is 6.00. The van der Waals surface area contributed by atoms with Gasteiger partial charge in [-0.1, -0.05) is 28.0 Å². The van der Waals surface area contributed by atoms with Crippen LogP contribution in [-0.4, -0.2) is 23.0 Å². The normalized spacial score (nSPS) is 24.0. The summed E-state index contributed by atoms with van der Waals surface area (Å²) in [5.41, 5.74) is 0. The molecule has 0 aromatic heterocycles. The standard InChI is InChI=1S/C5H10S.C4H8S2/c2*1-2-4-6-5-3-1/h1-5H2;1-4H2. The summed E-state index contributed by atoms with van der Waals surface area (Å²) in [6.45, 7) is 0. The molecular weight excluding hydrogens is 204 g/mol. The smallest absolute Gasteiger partial charge is 0.00372 e. The highest BCUT2D eigenvalue weighted by Gasteiger charge is 1.96. The van der Waals surface area contributed by atoms with Crippen LogP contribution in [0.4, 0.5) is 0 Å². The van der Waals surface area contributed by atoms with E-state index in [-0.39, 0.29) is 0 Å². The van der Waals surface area contributed by atoms with Crippen LogP contribution in [0.5, 0.6) is 0 Å². The Balaban J connectivity index is 0.000000120. The lowest BCUT2D eigenvalue weighted by molar-refractivity contribution is 0.764. The molecule has 0 spiro atoms. The molecule has 0 unspecified atom stereocenters. The van der Waals surface area contributed by atoms with Crippen LogP contribution in [0.2, 0.25) is 0 Å². The third-order valence-corrected chi connectivity index (χ3v) is 5.60. The van der Waals surface area contributed by atoms with E-state index in [1.807, 2.05) is 21.6 Å². The van der Waals surface area contributed by atoms with Crippen LogP contribution in [0, 0.1) is 0 Å². The molecule has 0 aromatic carbocycles. The van der Waals surface area contributed by atoms with Gasteiger partial charge in [0.05, 0.1) is 0 Å². The maximum absolute atomic E-state index is 2.09. The molecule has 0 amide bonds. The fourth-order valence-corrected chi connectivity index (χ4v) is 4.44. The number of hydrogen-bond acceptors (Lipinski definition) is 3. The zero-order valence-electron chi connectivity index (χ0n) is 7.59. The largest absolute Gasteiger partial charge is 0.162 e. The SMILES string of the molecule is C1CCSCC1.C1CCSSC1. The van der Waals surface area contributed by atoms with E-state index in [0.29, 0.717) is 0 Å². The summed E-state index contributed by atoms with van der Waals surface area (Å²) in [7, 11) is 4.02. The van der Waals surface area contributed by atoms with Gasteiger partial charge in [0.25, 0.3) is 0 Å². The van der Waals surface area contributed by atoms with Crippen LogP contribution in [0.1, 0.15) is 32.1 Å². The van der Waals surface area contributed by atoms with Gasteiger partial charge in [-0.05, 0) is 37.2 Å². The molecule has 0 saturated carbocycles. The maximum Gasteiger partial charge on any atom is 0.00372 e. The molecule has 2 saturated heterocycles. The van der Waals surface area contributed by atoms with Gasteiger partial charge in [-0.3, -0.25) is 0 Å². The van der Waals surface area contributed by atoms with E-state index in [2.05, 4.69) is 11.8 Å². The predicted molar refractivity (Wildman–Crippen MR) is 65.3 cm³/mol. The molecule has 2 rings (SSSR count). The molecule has 3 heteroatoms. The van der Waals surface area contributed by atoms with Crippen LogP contribution in [-0.2, 0) is 0 Å². The third-order valence-electron chi connectivity index (χ3n) is 1.87. The lowest BCUT2D eigenvalue weighted by Gasteiger charge is -2.05. The second-order valence-electron chi connectivity index (χ2n) is 3.02. The highest BCUT2D eigenvalue weighted by Crippen LogP contribution is 2.28. The van der Waals surface area contributed by atoms with Crippen LogP contribution in [0.15, 0.2) is 0 Å². The minimum absolute atomic E-state index is 1.38. The summed E-state index contributed by atoms with van der Waals surface area (Å²) >= 11 is 2.09. The first kappa shape index (κ1) is 11.1. The van der Waals surface area contributed by atoms with Crippen molar-refractivity contribution in [3.8, 4) is 0 Å². The molecule has 2 fully saturated rings. The molecule has 0 nitrogen and oxygen atoms in total. The van der Waals surface area contributed by atoms with Crippen LogP contribution >= 0.6 is 33.3 Å². The molecule has 2 heterocycles. The summed E-state index contributed by atoms with van der Waals surface area (Å²) in [5.74, 6) is 5.59. The summed E-state index contributed by atoms with van der Waals surface area (Å²) in [6.07, 6.45) is 7.29. The van der Waals surface area contributed by atoms with E-state index >= 15 is 0 Å². The Morgan fingerprint density at radius 1 is 0.500 bits per heavy atom. The average Bonchev–Trinajstić information content (AvgIpc) is 2.24. The van der Waals surface area contributed by atoms with Gasteiger partial charge in [0.1, 0.15) is 0 Å². The van der Waals surface area contributed by atoms with Crippen LogP contribution < -0.4 is 0 Å². The van der Waals surface area contributed by atoms with Gasteiger partial charge in [-0.25, -0.2) is 0 Å². The first-order valence-electron chi connectivity index (χ1n) is 4.82. The molecular formula is C9H18S3. The lowest BCUT2D eigenvalue weighted by Crippen LogP contribution is -1.91. The average molecular weight is 222 g/mol. The van der Waals surface area contributed by atoms with Crippen molar-refractivity contribution < 1.29 is 0 Å². The quantitative estimate of drug-likeness (QED) is 0.567. The minimum Gasteiger partial charge on any atom is -0.162 e. The van der Waals surface area contributed by atoms with Crippen molar-refractivity contribution in [1.29, 1.82) is 0 Å².